The van der Waals surface area contributed by atoms with Crippen LogP contribution in [-0.2, 0) is 9.59 Å². The van der Waals surface area contributed by atoms with Crippen LogP contribution in [0.15, 0.2) is 24.3 Å². The Morgan fingerprint density at radius 2 is 1.89 bits per heavy atom. The number of amides is 2. The lowest BCUT2D eigenvalue weighted by Crippen LogP contribution is -2.44. The zero-order chi connectivity index (χ0) is 13.8. The fraction of sp³-hybridized carbons (Fsp3) is 0.467. The summed E-state index contributed by atoms with van der Waals surface area (Å²) in [6.45, 7) is 4.54. The molecule has 0 spiro atoms. The molecule has 0 saturated carbocycles. The summed E-state index contributed by atoms with van der Waals surface area (Å²) in [6.07, 6.45) is 1.11. The Bertz CT molecular complexity index is 467. The molecule has 102 valence electrons. The van der Waals surface area contributed by atoms with E-state index in [2.05, 4.69) is 5.32 Å². The molecule has 1 aromatic rings. The summed E-state index contributed by atoms with van der Waals surface area (Å²) in [5, 5.41) is 2.41. The van der Waals surface area contributed by atoms with Crippen LogP contribution >= 0.6 is 0 Å². The molecule has 0 aromatic heterocycles. The van der Waals surface area contributed by atoms with Crippen molar-refractivity contribution >= 4 is 11.8 Å². The van der Waals surface area contributed by atoms with Crippen molar-refractivity contribution in [1.29, 1.82) is 0 Å². The molecular formula is C15H19NO3. The molecule has 1 aromatic carbocycles. The maximum Gasteiger partial charge on any atom is 0.230 e. The average Bonchev–Trinajstić information content (AvgIpc) is 2.39. The Morgan fingerprint density at radius 1 is 1.21 bits per heavy atom. The van der Waals surface area contributed by atoms with Crippen LogP contribution in [0.3, 0.4) is 0 Å². The van der Waals surface area contributed by atoms with Crippen molar-refractivity contribution in [1.82, 2.24) is 5.32 Å². The number of carbonyl (C=O) groups excluding carboxylic acids is 2. The molecule has 4 heteroatoms. The molecule has 1 saturated heterocycles. The van der Waals surface area contributed by atoms with Gasteiger partial charge in [0.15, 0.2) is 0 Å². The molecule has 2 rings (SSSR count). The number of piperidine rings is 1. The van der Waals surface area contributed by atoms with Gasteiger partial charge in [0.1, 0.15) is 5.75 Å². The number of ether oxygens (including phenoxy) is 1. The fourth-order valence-corrected chi connectivity index (χ4v) is 2.60. The summed E-state index contributed by atoms with van der Waals surface area (Å²) >= 11 is 0. The van der Waals surface area contributed by atoms with Gasteiger partial charge in [-0.05, 0) is 31.0 Å². The van der Waals surface area contributed by atoms with Gasteiger partial charge in [0.2, 0.25) is 11.8 Å². The Labute approximate surface area is 113 Å². The molecule has 4 nitrogen and oxygen atoms in total. The van der Waals surface area contributed by atoms with E-state index in [0.717, 1.165) is 17.7 Å². The predicted molar refractivity (Wildman–Crippen MR) is 71.9 cm³/mol. The molecule has 0 aliphatic carbocycles. The van der Waals surface area contributed by atoms with E-state index in [-0.39, 0.29) is 23.7 Å². The van der Waals surface area contributed by atoms with Crippen LogP contribution in [0.1, 0.15) is 38.2 Å². The third kappa shape index (κ3) is 2.95. The molecule has 1 aliphatic rings. The lowest BCUT2D eigenvalue weighted by molar-refractivity contribution is -0.137. The second-order valence-corrected chi connectivity index (χ2v) is 4.74. The van der Waals surface area contributed by atoms with Crippen LogP contribution in [0.5, 0.6) is 5.75 Å². The van der Waals surface area contributed by atoms with E-state index < -0.39 is 0 Å². The molecule has 2 unspecified atom stereocenters. The first-order valence-electron chi connectivity index (χ1n) is 6.72. The lowest BCUT2D eigenvalue weighted by atomic mass is 9.79. The summed E-state index contributed by atoms with van der Waals surface area (Å²) in [6, 6.07) is 7.68. The highest BCUT2D eigenvalue weighted by Gasteiger charge is 2.35. The van der Waals surface area contributed by atoms with Gasteiger partial charge in [-0.15, -0.1) is 0 Å². The van der Waals surface area contributed by atoms with Gasteiger partial charge in [-0.2, -0.15) is 0 Å². The van der Waals surface area contributed by atoms with E-state index in [0.29, 0.717) is 13.0 Å². The third-order valence-electron chi connectivity index (χ3n) is 3.55. The highest BCUT2D eigenvalue weighted by atomic mass is 16.5. The standard InChI is InChI=1S/C15H19NO3/c1-3-12-13(9-14(17)16-15(12)18)10-5-7-11(8-6-10)19-4-2/h5-8,12-13H,3-4,9H2,1-2H3,(H,16,17,18). The Balaban J connectivity index is 2.22. The van der Waals surface area contributed by atoms with Gasteiger partial charge < -0.3 is 4.74 Å². The number of carbonyl (C=O) groups is 2. The Morgan fingerprint density at radius 3 is 2.47 bits per heavy atom. The first kappa shape index (κ1) is 13.6. The van der Waals surface area contributed by atoms with Crippen LogP contribution in [0, 0.1) is 5.92 Å². The first-order valence-corrected chi connectivity index (χ1v) is 6.72. The largest absolute Gasteiger partial charge is 0.494 e. The van der Waals surface area contributed by atoms with Gasteiger partial charge in [-0.25, -0.2) is 0 Å². The highest BCUT2D eigenvalue weighted by Crippen LogP contribution is 2.34. The van der Waals surface area contributed by atoms with Crippen molar-refractivity contribution < 1.29 is 14.3 Å². The normalized spacial score (nSPS) is 23.1. The van der Waals surface area contributed by atoms with Gasteiger partial charge in [0, 0.05) is 18.3 Å². The van der Waals surface area contributed by atoms with Crippen molar-refractivity contribution in [3.8, 4) is 5.75 Å². The molecule has 1 heterocycles. The predicted octanol–water partition coefficient (Wildman–Crippen LogP) is 2.24. The van der Waals surface area contributed by atoms with E-state index in [1.165, 1.54) is 0 Å². The number of benzene rings is 1. The van der Waals surface area contributed by atoms with E-state index in [4.69, 9.17) is 4.74 Å². The quantitative estimate of drug-likeness (QED) is 0.846. The molecule has 0 bridgehead atoms. The van der Waals surface area contributed by atoms with Crippen molar-refractivity contribution in [3.63, 3.8) is 0 Å². The van der Waals surface area contributed by atoms with Crippen molar-refractivity contribution in [3.05, 3.63) is 29.8 Å². The average molecular weight is 261 g/mol. The van der Waals surface area contributed by atoms with E-state index in [9.17, 15) is 9.59 Å². The van der Waals surface area contributed by atoms with Gasteiger partial charge in [-0.3, -0.25) is 14.9 Å². The van der Waals surface area contributed by atoms with Gasteiger partial charge in [0.05, 0.1) is 6.61 Å². The third-order valence-corrected chi connectivity index (χ3v) is 3.55. The monoisotopic (exact) mass is 261 g/mol. The van der Waals surface area contributed by atoms with Crippen LogP contribution in [0.25, 0.3) is 0 Å². The van der Waals surface area contributed by atoms with Gasteiger partial charge in [0.25, 0.3) is 0 Å². The van der Waals surface area contributed by atoms with Crippen molar-refractivity contribution in [2.24, 2.45) is 5.92 Å². The summed E-state index contributed by atoms with van der Waals surface area (Å²) in [5.41, 5.74) is 1.03. The summed E-state index contributed by atoms with van der Waals surface area (Å²) in [7, 11) is 0. The van der Waals surface area contributed by atoms with Crippen molar-refractivity contribution in [2.45, 2.75) is 32.6 Å². The van der Waals surface area contributed by atoms with Crippen LogP contribution in [0.2, 0.25) is 0 Å². The topological polar surface area (TPSA) is 55.4 Å². The van der Waals surface area contributed by atoms with E-state index in [1.807, 2.05) is 38.1 Å². The molecule has 2 atom stereocenters. The van der Waals surface area contributed by atoms with Crippen LogP contribution < -0.4 is 10.1 Å². The van der Waals surface area contributed by atoms with E-state index in [1.54, 1.807) is 0 Å². The smallest absolute Gasteiger partial charge is 0.230 e. The second-order valence-electron chi connectivity index (χ2n) is 4.74. The highest BCUT2D eigenvalue weighted by molar-refractivity contribution is 5.99. The lowest BCUT2D eigenvalue weighted by Gasteiger charge is -2.29. The molecule has 1 fully saturated rings. The number of nitrogens with one attached hydrogen (secondary N) is 1. The molecule has 19 heavy (non-hydrogen) atoms. The summed E-state index contributed by atoms with van der Waals surface area (Å²) < 4.78 is 5.40. The molecule has 1 N–H and O–H groups in total. The van der Waals surface area contributed by atoms with Gasteiger partial charge in [-0.1, -0.05) is 19.1 Å². The number of imide groups is 1. The maximum absolute atomic E-state index is 11.8. The minimum Gasteiger partial charge on any atom is -0.494 e. The molecular weight excluding hydrogens is 242 g/mol. The molecule has 0 radical (unpaired) electrons. The van der Waals surface area contributed by atoms with Crippen LogP contribution in [-0.4, -0.2) is 18.4 Å². The fourth-order valence-electron chi connectivity index (χ4n) is 2.60. The van der Waals surface area contributed by atoms with E-state index >= 15 is 0 Å². The summed E-state index contributed by atoms with van der Waals surface area (Å²) in [5.74, 6) is 0.315. The van der Waals surface area contributed by atoms with Crippen molar-refractivity contribution in [2.75, 3.05) is 6.61 Å². The Kier molecular flexibility index (Phi) is 4.20. The zero-order valence-corrected chi connectivity index (χ0v) is 11.3. The minimum atomic E-state index is -0.186. The number of hydrogen-bond acceptors (Lipinski definition) is 3. The first-order chi connectivity index (χ1) is 9.15. The zero-order valence-electron chi connectivity index (χ0n) is 11.3. The second kappa shape index (κ2) is 5.87. The number of rotatable bonds is 4. The van der Waals surface area contributed by atoms with Crippen LogP contribution in [0.4, 0.5) is 0 Å². The molecule has 2 amide bonds. The van der Waals surface area contributed by atoms with Gasteiger partial charge >= 0.3 is 0 Å². The minimum absolute atomic E-state index is 0.0260. The molecule has 1 aliphatic heterocycles. The summed E-state index contributed by atoms with van der Waals surface area (Å²) in [4.78, 5) is 23.4. The maximum atomic E-state index is 11.8. The Hall–Kier alpha value is -1.84. The number of hydrogen-bond donors (Lipinski definition) is 1. The SMILES string of the molecule is CCOc1ccc(C2CC(=O)NC(=O)C2CC)cc1.